The molecule has 0 radical (unpaired) electrons. The number of piperidine rings is 1. The molecule has 2 aromatic rings. The second kappa shape index (κ2) is 7.92. The quantitative estimate of drug-likeness (QED) is 0.871. The zero-order valence-corrected chi connectivity index (χ0v) is 13.9. The molecule has 0 aliphatic carbocycles. The number of rotatable bonds is 5. The van der Waals surface area contributed by atoms with Gasteiger partial charge in [-0.2, -0.15) is 0 Å². The van der Waals surface area contributed by atoms with Crippen LogP contribution in [0, 0.1) is 11.7 Å². The molecule has 25 heavy (non-hydrogen) atoms. The lowest BCUT2D eigenvalue weighted by Gasteiger charge is -2.32. The van der Waals surface area contributed by atoms with Crippen molar-refractivity contribution in [3.8, 4) is 11.3 Å². The van der Waals surface area contributed by atoms with Crippen LogP contribution in [0.2, 0.25) is 0 Å². The first-order valence-electron chi connectivity index (χ1n) is 8.41. The number of halogens is 1. The largest absolute Gasteiger partial charge is 0.465 e. The van der Waals surface area contributed by atoms with Crippen LogP contribution in [-0.4, -0.2) is 40.8 Å². The molecule has 0 saturated carbocycles. The zero-order chi connectivity index (χ0) is 17.6. The molecule has 0 spiro atoms. The summed E-state index contributed by atoms with van der Waals surface area (Å²) in [5.41, 5.74) is 1.56. The first-order chi connectivity index (χ1) is 12.1. The Hall–Kier alpha value is -2.70. The average molecular weight is 344 g/mol. The zero-order valence-electron chi connectivity index (χ0n) is 13.9. The van der Waals surface area contributed by atoms with Crippen LogP contribution in [0.25, 0.3) is 11.3 Å². The molecule has 1 aromatic carbocycles. The highest BCUT2D eigenvalue weighted by atomic mass is 19.1. The number of aromatic nitrogens is 2. The third-order valence-corrected chi connectivity index (χ3v) is 4.55. The number of carbonyl (C=O) groups is 1. The average Bonchev–Trinajstić information content (AvgIpc) is 2.63. The second-order valence-electron chi connectivity index (χ2n) is 6.22. The monoisotopic (exact) mass is 344 g/mol. The lowest BCUT2D eigenvalue weighted by molar-refractivity contribution is 0.193. The van der Waals surface area contributed by atoms with E-state index in [1.165, 1.54) is 12.1 Å². The van der Waals surface area contributed by atoms with Gasteiger partial charge in [0, 0.05) is 25.2 Å². The lowest BCUT2D eigenvalue weighted by atomic mass is 9.93. The van der Waals surface area contributed by atoms with Gasteiger partial charge in [0.2, 0.25) is 0 Å². The third kappa shape index (κ3) is 4.65. The molecule has 1 aliphatic rings. The predicted octanol–water partition coefficient (Wildman–Crippen LogP) is 3.16. The third-order valence-electron chi connectivity index (χ3n) is 4.55. The van der Waals surface area contributed by atoms with Crippen molar-refractivity contribution in [3.63, 3.8) is 0 Å². The van der Waals surface area contributed by atoms with E-state index in [4.69, 9.17) is 5.11 Å². The van der Waals surface area contributed by atoms with Crippen LogP contribution in [0.15, 0.2) is 36.7 Å². The fourth-order valence-electron chi connectivity index (χ4n) is 3.09. The summed E-state index contributed by atoms with van der Waals surface area (Å²) in [4.78, 5) is 21.6. The normalized spacial score (nSPS) is 15.2. The van der Waals surface area contributed by atoms with Gasteiger partial charge in [0.1, 0.15) is 11.6 Å². The summed E-state index contributed by atoms with van der Waals surface area (Å²) >= 11 is 0. The summed E-state index contributed by atoms with van der Waals surface area (Å²) < 4.78 is 13.0. The number of amides is 1. The van der Waals surface area contributed by atoms with E-state index in [-0.39, 0.29) is 5.82 Å². The van der Waals surface area contributed by atoms with E-state index in [2.05, 4.69) is 20.2 Å². The van der Waals surface area contributed by atoms with Crippen molar-refractivity contribution in [1.29, 1.82) is 0 Å². The molecule has 0 atom stereocenters. The van der Waals surface area contributed by atoms with Crippen LogP contribution in [0.1, 0.15) is 19.3 Å². The maximum Gasteiger partial charge on any atom is 0.404 e. The van der Waals surface area contributed by atoms with Crippen LogP contribution >= 0.6 is 0 Å². The Kier molecular flexibility index (Phi) is 5.42. The van der Waals surface area contributed by atoms with Gasteiger partial charge in [0.25, 0.3) is 0 Å². The molecule has 1 amide bonds. The molecule has 1 saturated heterocycles. The van der Waals surface area contributed by atoms with Gasteiger partial charge in [-0.1, -0.05) is 0 Å². The van der Waals surface area contributed by atoms with Crippen molar-refractivity contribution >= 4 is 11.9 Å². The van der Waals surface area contributed by atoms with Crippen LogP contribution in [0.4, 0.5) is 15.0 Å². The Bertz CT molecular complexity index is 698. The highest BCUT2D eigenvalue weighted by Crippen LogP contribution is 2.24. The van der Waals surface area contributed by atoms with Gasteiger partial charge in [0.05, 0.1) is 18.1 Å². The molecule has 0 bridgehead atoms. The van der Waals surface area contributed by atoms with Gasteiger partial charge in [-0.3, -0.25) is 4.98 Å². The van der Waals surface area contributed by atoms with Crippen LogP contribution < -0.4 is 10.2 Å². The lowest BCUT2D eigenvalue weighted by Crippen LogP contribution is -2.35. The van der Waals surface area contributed by atoms with Crippen molar-refractivity contribution in [1.82, 2.24) is 15.3 Å². The van der Waals surface area contributed by atoms with Gasteiger partial charge in [-0.15, -0.1) is 0 Å². The maximum absolute atomic E-state index is 13.0. The molecule has 2 heterocycles. The minimum Gasteiger partial charge on any atom is -0.465 e. The van der Waals surface area contributed by atoms with Crippen molar-refractivity contribution in [2.45, 2.75) is 19.3 Å². The highest BCUT2D eigenvalue weighted by molar-refractivity contribution is 5.64. The molecule has 132 valence electrons. The van der Waals surface area contributed by atoms with E-state index in [1.54, 1.807) is 24.5 Å². The summed E-state index contributed by atoms with van der Waals surface area (Å²) in [7, 11) is 0. The molecule has 1 aliphatic heterocycles. The van der Waals surface area contributed by atoms with Gasteiger partial charge in [-0.05, 0) is 49.4 Å². The summed E-state index contributed by atoms with van der Waals surface area (Å²) in [6.07, 6.45) is 5.41. The molecule has 0 unspecified atom stereocenters. The number of anilines is 1. The Morgan fingerprint density at radius 3 is 2.52 bits per heavy atom. The van der Waals surface area contributed by atoms with Crippen molar-refractivity contribution in [2.75, 3.05) is 24.5 Å². The van der Waals surface area contributed by atoms with Gasteiger partial charge >= 0.3 is 6.09 Å². The number of hydrogen-bond acceptors (Lipinski definition) is 4. The second-order valence-corrected chi connectivity index (χ2v) is 6.22. The Morgan fingerprint density at radius 2 is 1.92 bits per heavy atom. The standard InChI is InChI=1S/C18H21FN4O2/c19-15-3-1-14(2-4-15)16-11-22-17(12-21-16)23-9-6-13(7-10-23)5-8-20-18(24)25/h1-4,11-13,20H,5-10H2,(H,24,25). The topological polar surface area (TPSA) is 78.4 Å². The van der Waals surface area contributed by atoms with E-state index < -0.39 is 6.09 Å². The van der Waals surface area contributed by atoms with E-state index in [0.29, 0.717) is 12.5 Å². The van der Waals surface area contributed by atoms with Crippen LogP contribution in [-0.2, 0) is 0 Å². The molecule has 1 fully saturated rings. The molecular weight excluding hydrogens is 323 g/mol. The fourth-order valence-corrected chi connectivity index (χ4v) is 3.09. The Morgan fingerprint density at radius 1 is 1.20 bits per heavy atom. The summed E-state index contributed by atoms with van der Waals surface area (Å²) in [5, 5.41) is 11.0. The summed E-state index contributed by atoms with van der Waals surface area (Å²) in [6, 6.07) is 6.20. The van der Waals surface area contributed by atoms with E-state index in [9.17, 15) is 9.18 Å². The predicted molar refractivity (Wildman–Crippen MR) is 93.0 cm³/mol. The van der Waals surface area contributed by atoms with Crippen LogP contribution in [0.5, 0.6) is 0 Å². The smallest absolute Gasteiger partial charge is 0.404 e. The Labute approximate surface area is 145 Å². The van der Waals surface area contributed by atoms with Crippen molar-refractivity contribution < 1.29 is 14.3 Å². The molecule has 1 aromatic heterocycles. The van der Waals surface area contributed by atoms with Crippen molar-refractivity contribution in [2.24, 2.45) is 5.92 Å². The molecular formula is C18H21FN4O2. The van der Waals surface area contributed by atoms with Gasteiger partial charge in [0.15, 0.2) is 0 Å². The molecule has 2 N–H and O–H groups in total. The maximum atomic E-state index is 13.0. The summed E-state index contributed by atoms with van der Waals surface area (Å²) in [6.45, 7) is 2.29. The number of nitrogens with one attached hydrogen (secondary N) is 1. The van der Waals surface area contributed by atoms with E-state index in [0.717, 1.165) is 49.4 Å². The Balaban J connectivity index is 1.53. The molecule has 6 nitrogen and oxygen atoms in total. The van der Waals surface area contributed by atoms with Crippen molar-refractivity contribution in [3.05, 3.63) is 42.5 Å². The van der Waals surface area contributed by atoms with Crippen LogP contribution in [0.3, 0.4) is 0 Å². The SMILES string of the molecule is O=C(O)NCCC1CCN(c2cnc(-c3ccc(F)cc3)cn2)CC1. The number of nitrogens with zero attached hydrogens (tertiary/aromatic N) is 3. The van der Waals surface area contributed by atoms with E-state index in [1.807, 2.05) is 0 Å². The first kappa shape index (κ1) is 17.1. The first-order valence-corrected chi connectivity index (χ1v) is 8.41. The van der Waals surface area contributed by atoms with Gasteiger partial charge < -0.3 is 15.3 Å². The summed E-state index contributed by atoms with van der Waals surface area (Å²) in [5.74, 6) is 1.11. The highest BCUT2D eigenvalue weighted by Gasteiger charge is 2.20. The molecule has 3 rings (SSSR count). The number of carboxylic acid groups (broad SMARTS) is 1. The minimum absolute atomic E-state index is 0.269. The number of hydrogen-bond donors (Lipinski definition) is 2. The fraction of sp³-hybridized carbons (Fsp3) is 0.389. The van der Waals surface area contributed by atoms with Gasteiger partial charge in [-0.25, -0.2) is 14.2 Å². The minimum atomic E-state index is -0.964. The molecule has 7 heteroatoms. The van der Waals surface area contributed by atoms with E-state index >= 15 is 0 Å². The number of benzene rings is 1.